The largest absolute Gasteiger partial charge is 0.493 e. The minimum Gasteiger partial charge on any atom is -0.493 e. The molecule has 0 radical (unpaired) electrons. The van der Waals surface area contributed by atoms with Crippen molar-refractivity contribution in [2.45, 2.75) is 5.92 Å². The van der Waals surface area contributed by atoms with E-state index in [2.05, 4.69) is 5.32 Å². The van der Waals surface area contributed by atoms with Crippen LogP contribution in [0.2, 0.25) is 0 Å². The minimum absolute atomic E-state index is 0.148. The zero-order valence-corrected chi connectivity index (χ0v) is 21.5. The Bertz CT molecular complexity index is 1280. The molecule has 37 heavy (non-hydrogen) atoms. The number of nitrogens with one attached hydrogen (secondary N) is 1. The fraction of sp³-hybridized carbons (Fsp3) is 0.194. The number of rotatable bonds is 10. The maximum Gasteiger partial charge on any atom is 0.251 e. The van der Waals surface area contributed by atoms with Gasteiger partial charge in [0.1, 0.15) is 0 Å². The Kier molecular flexibility index (Phi) is 8.31. The summed E-state index contributed by atoms with van der Waals surface area (Å²) in [7, 11) is 6.42. The van der Waals surface area contributed by atoms with Gasteiger partial charge in [0, 0.05) is 18.0 Å². The van der Waals surface area contributed by atoms with Crippen molar-refractivity contribution in [3.63, 3.8) is 0 Å². The molecule has 0 aliphatic rings. The summed E-state index contributed by atoms with van der Waals surface area (Å²) in [6.45, 7) is 0.365. The summed E-state index contributed by atoms with van der Waals surface area (Å²) < 4.78 is 21.9. The average Bonchev–Trinajstić information content (AvgIpc) is 2.97. The molecule has 0 unspecified atom stereocenters. The van der Waals surface area contributed by atoms with Crippen molar-refractivity contribution in [3.05, 3.63) is 108 Å². The second-order valence-electron chi connectivity index (χ2n) is 8.43. The van der Waals surface area contributed by atoms with E-state index in [1.54, 1.807) is 28.4 Å². The lowest BCUT2D eigenvalue weighted by molar-refractivity contribution is 0.0952. The molecule has 4 aromatic rings. The van der Waals surface area contributed by atoms with Crippen molar-refractivity contribution in [2.75, 3.05) is 35.0 Å². The molecule has 6 heteroatoms. The lowest BCUT2D eigenvalue weighted by Gasteiger charge is -2.21. The first-order chi connectivity index (χ1) is 18.1. The van der Waals surface area contributed by atoms with Crippen LogP contribution in [0.25, 0.3) is 11.1 Å². The van der Waals surface area contributed by atoms with Gasteiger partial charge >= 0.3 is 0 Å². The van der Waals surface area contributed by atoms with Crippen LogP contribution < -0.4 is 24.3 Å². The molecular formula is C31H31NO5. The van der Waals surface area contributed by atoms with E-state index in [1.807, 2.05) is 91.0 Å². The fourth-order valence-electron chi connectivity index (χ4n) is 4.31. The van der Waals surface area contributed by atoms with Crippen molar-refractivity contribution in [3.8, 4) is 34.1 Å². The summed E-state index contributed by atoms with van der Waals surface area (Å²) in [5.41, 5.74) is 4.69. The third kappa shape index (κ3) is 5.86. The molecule has 0 fully saturated rings. The number of benzene rings is 4. The zero-order valence-electron chi connectivity index (χ0n) is 21.5. The molecule has 0 aliphatic heterocycles. The number of methoxy groups -OCH3 is 4. The zero-order chi connectivity index (χ0) is 26.2. The van der Waals surface area contributed by atoms with E-state index in [-0.39, 0.29) is 11.8 Å². The van der Waals surface area contributed by atoms with Crippen LogP contribution in [-0.2, 0) is 0 Å². The summed E-state index contributed by atoms with van der Waals surface area (Å²) in [5, 5.41) is 3.10. The monoisotopic (exact) mass is 497 g/mol. The molecule has 0 saturated carbocycles. The molecule has 0 atom stereocenters. The first-order valence-electron chi connectivity index (χ1n) is 12.0. The standard InChI is InChI=1S/C31H31NO5/c1-34-27-16-14-24(18-29(27)36-3)26(25-15-17-28(35-2)30(19-25)37-4)20-32-31(33)23-12-10-22(11-13-23)21-8-6-5-7-9-21/h5-19,26H,20H2,1-4H3,(H,32,33). The SMILES string of the molecule is COc1ccc(C(CNC(=O)c2ccc(-c3ccccc3)cc2)c2ccc(OC)c(OC)c2)cc1OC. The van der Waals surface area contributed by atoms with Crippen LogP contribution in [0.4, 0.5) is 0 Å². The first kappa shape index (κ1) is 25.6. The number of hydrogen-bond donors (Lipinski definition) is 1. The van der Waals surface area contributed by atoms with Crippen molar-refractivity contribution in [2.24, 2.45) is 0 Å². The summed E-state index contributed by atoms with van der Waals surface area (Å²) in [6, 6.07) is 29.2. The van der Waals surface area contributed by atoms with Gasteiger partial charge in [-0.2, -0.15) is 0 Å². The average molecular weight is 498 g/mol. The number of carbonyl (C=O) groups excluding carboxylic acids is 1. The van der Waals surface area contributed by atoms with Crippen LogP contribution in [0.3, 0.4) is 0 Å². The number of ether oxygens (including phenoxy) is 4. The molecule has 1 N–H and O–H groups in total. The minimum atomic E-state index is -0.174. The molecular weight excluding hydrogens is 466 g/mol. The van der Waals surface area contributed by atoms with E-state index in [9.17, 15) is 4.79 Å². The number of hydrogen-bond acceptors (Lipinski definition) is 5. The van der Waals surface area contributed by atoms with Crippen LogP contribution in [0.15, 0.2) is 91.0 Å². The molecule has 0 bridgehead atoms. The van der Waals surface area contributed by atoms with E-state index in [0.29, 0.717) is 35.1 Å². The topological polar surface area (TPSA) is 66.0 Å². The lowest BCUT2D eigenvalue weighted by atomic mass is 9.90. The predicted molar refractivity (Wildman–Crippen MR) is 145 cm³/mol. The molecule has 0 saturated heterocycles. The van der Waals surface area contributed by atoms with E-state index < -0.39 is 0 Å². The molecule has 4 rings (SSSR count). The molecule has 6 nitrogen and oxygen atoms in total. The van der Waals surface area contributed by atoms with Crippen molar-refractivity contribution in [1.82, 2.24) is 5.32 Å². The summed E-state index contributed by atoms with van der Waals surface area (Å²) in [5.74, 6) is 2.19. The summed E-state index contributed by atoms with van der Waals surface area (Å²) in [6.07, 6.45) is 0. The van der Waals surface area contributed by atoms with Gasteiger partial charge in [0.2, 0.25) is 0 Å². The van der Waals surface area contributed by atoms with Crippen molar-refractivity contribution < 1.29 is 23.7 Å². The molecule has 1 amide bonds. The van der Waals surface area contributed by atoms with E-state index in [4.69, 9.17) is 18.9 Å². The van der Waals surface area contributed by atoms with E-state index >= 15 is 0 Å². The number of amides is 1. The van der Waals surface area contributed by atoms with Gasteiger partial charge in [-0.05, 0) is 58.7 Å². The predicted octanol–water partition coefficient (Wildman–Crippen LogP) is 5.95. The third-order valence-electron chi connectivity index (χ3n) is 6.34. The Labute approximate surface area is 217 Å². The second kappa shape index (κ2) is 12.0. The highest BCUT2D eigenvalue weighted by atomic mass is 16.5. The Balaban J connectivity index is 1.60. The van der Waals surface area contributed by atoms with Crippen molar-refractivity contribution in [1.29, 1.82) is 0 Å². The third-order valence-corrected chi connectivity index (χ3v) is 6.34. The molecule has 0 heterocycles. The molecule has 4 aromatic carbocycles. The highest BCUT2D eigenvalue weighted by molar-refractivity contribution is 5.94. The Morgan fingerprint density at radius 1 is 0.622 bits per heavy atom. The molecule has 190 valence electrons. The van der Waals surface area contributed by atoms with Crippen molar-refractivity contribution >= 4 is 5.91 Å². The maximum absolute atomic E-state index is 13.1. The normalized spacial score (nSPS) is 10.6. The van der Waals surface area contributed by atoms with Gasteiger partial charge < -0.3 is 24.3 Å². The smallest absolute Gasteiger partial charge is 0.251 e. The van der Waals surface area contributed by atoms with Crippen LogP contribution in [0.5, 0.6) is 23.0 Å². The Hall–Kier alpha value is -4.45. The van der Waals surface area contributed by atoms with Crippen LogP contribution in [0, 0.1) is 0 Å². The van der Waals surface area contributed by atoms with Gasteiger partial charge in [-0.1, -0.05) is 54.6 Å². The molecule has 0 spiro atoms. The van der Waals surface area contributed by atoms with Gasteiger partial charge in [0.25, 0.3) is 5.91 Å². The molecule has 0 aromatic heterocycles. The van der Waals surface area contributed by atoms with Crippen LogP contribution in [0.1, 0.15) is 27.4 Å². The first-order valence-corrected chi connectivity index (χ1v) is 12.0. The lowest BCUT2D eigenvalue weighted by Crippen LogP contribution is -2.29. The highest BCUT2D eigenvalue weighted by Crippen LogP contribution is 2.36. The molecule has 0 aliphatic carbocycles. The van der Waals surface area contributed by atoms with Gasteiger partial charge in [-0.3, -0.25) is 4.79 Å². The van der Waals surface area contributed by atoms with Crippen LogP contribution in [-0.4, -0.2) is 40.9 Å². The summed E-state index contributed by atoms with van der Waals surface area (Å²) >= 11 is 0. The number of carbonyl (C=O) groups is 1. The quantitative estimate of drug-likeness (QED) is 0.293. The highest BCUT2D eigenvalue weighted by Gasteiger charge is 2.20. The van der Waals surface area contributed by atoms with Gasteiger partial charge in [0.15, 0.2) is 23.0 Å². The van der Waals surface area contributed by atoms with E-state index in [0.717, 1.165) is 22.3 Å². The second-order valence-corrected chi connectivity index (χ2v) is 8.43. The summed E-state index contributed by atoms with van der Waals surface area (Å²) in [4.78, 5) is 13.1. The van der Waals surface area contributed by atoms with E-state index in [1.165, 1.54) is 0 Å². The van der Waals surface area contributed by atoms with Gasteiger partial charge in [-0.25, -0.2) is 0 Å². The van der Waals surface area contributed by atoms with Gasteiger partial charge in [-0.15, -0.1) is 0 Å². The Morgan fingerprint density at radius 3 is 1.59 bits per heavy atom. The fourth-order valence-corrected chi connectivity index (χ4v) is 4.31. The Morgan fingerprint density at radius 2 is 1.11 bits per heavy atom. The van der Waals surface area contributed by atoms with Crippen LogP contribution >= 0.6 is 0 Å². The maximum atomic E-state index is 13.1. The van der Waals surface area contributed by atoms with Gasteiger partial charge in [0.05, 0.1) is 28.4 Å².